The highest BCUT2D eigenvalue weighted by molar-refractivity contribution is 6.31. The van der Waals surface area contributed by atoms with E-state index in [-0.39, 0.29) is 6.04 Å². The summed E-state index contributed by atoms with van der Waals surface area (Å²) in [6.45, 7) is 2.75. The van der Waals surface area contributed by atoms with E-state index in [0.717, 1.165) is 17.5 Å². The molecule has 1 aromatic carbocycles. The highest BCUT2D eigenvalue weighted by Gasteiger charge is 2.07. The Morgan fingerprint density at radius 2 is 2.21 bits per heavy atom. The summed E-state index contributed by atoms with van der Waals surface area (Å²) in [6, 6.07) is 9.56. The van der Waals surface area contributed by atoms with Gasteiger partial charge in [-0.05, 0) is 35.7 Å². The Labute approximate surface area is 118 Å². The number of halogens is 1. The minimum Gasteiger partial charge on any atom is -0.350 e. The molecule has 0 aliphatic heterocycles. The molecule has 3 nitrogen and oxygen atoms in total. The SMILES string of the molecule is CCC(N)c1ccn(Cc2ccc(C#N)cc2Cl)c1. The van der Waals surface area contributed by atoms with E-state index in [1.165, 1.54) is 0 Å². The summed E-state index contributed by atoms with van der Waals surface area (Å²) >= 11 is 6.17. The van der Waals surface area contributed by atoms with Crippen LogP contribution in [0.25, 0.3) is 0 Å². The largest absolute Gasteiger partial charge is 0.350 e. The third-order valence-electron chi connectivity index (χ3n) is 3.18. The number of nitrogens with two attached hydrogens (primary N) is 1. The zero-order valence-electron chi connectivity index (χ0n) is 10.8. The summed E-state index contributed by atoms with van der Waals surface area (Å²) in [7, 11) is 0. The second-order valence-electron chi connectivity index (χ2n) is 4.55. The summed E-state index contributed by atoms with van der Waals surface area (Å²) in [4.78, 5) is 0. The molecule has 0 saturated heterocycles. The molecule has 2 N–H and O–H groups in total. The molecule has 0 bridgehead atoms. The van der Waals surface area contributed by atoms with E-state index in [9.17, 15) is 0 Å². The second-order valence-corrected chi connectivity index (χ2v) is 4.96. The standard InChI is InChI=1S/C15H16ClN3/c1-2-15(18)13-5-6-19(10-13)9-12-4-3-11(8-17)7-14(12)16/h3-7,10,15H,2,9,18H2,1H3. The van der Waals surface area contributed by atoms with Gasteiger partial charge in [-0.1, -0.05) is 24.6 Å². The van der Waals surface area contributed by atoms with Crippen molar-refractivity contribution in [3.63, 3.8) is 0 Å². The van der Waals surface area contributed by atoms with Crippen LogP contribution in [0.5, 0.6) is 0 Å². The van der Waals surface area contributed by atoms with Gasteiger partial charge in [-0.3, -0.25) is 0 Å². The molecule has 1 aromatic heterocycles. The normalized spacial score (nSPS) is 12.1. The van der Waals surface area contributed by atoms with Crippen molar-refractivity contribution < 1.29 is 0 Å². The maximum atomic E-state index is 8.81. The predicted molar refractivity (Wildman–Crippen MR) is 76.9 cm³/mol. The fraction of sp³-hybridized carbons (Fsp3) is 0.267. The molecule has 0 aliphatic rings. The first-order chi connectivity index (χ1) is 9.13. The number of benzene rings is 1. The van der Waals surface area contributed by atoms with Crippen LogP contribution in [0.2, 0.25) is 5.02 Å². The Morgan fingerprint density at radius 1 is 1.42 bits per heavy atom. The fourth-order valence-corrected chi connectivity index (χ4v) is 2.19. The molecule has 98 valence electrons. The Kier molecular flexibility index (Phi) is 4.26. The van der Waals surface area contributed by atoms with Gasteiger partial charge in [0.25, 0.3) is 0 Å². The first-order valence-electron chi connectivity index (χ1n) is 6.23. The molecule has 1 unspecified atom stereocenters. The van der Waals surface area contributed by atoms with Crippen molar-refractivity contribution in [2.75, 3.05) is 0 Å². The van der Waals surface area contributed by atoms with Gasteiger partial charge in [-0.15, -0.1) is 0 Å². The van der Waals surface area contributed by atoms with Crippen LogP contribution in [0.4, 0.5) is 0 Å². The summed E-state index contributed by atoms with van der Waals surface area (Å²) < 4.78 is 2.05. The monoisotopic (exact) mass is 273 g/mol. The molecule has 0 amide bonds. The van der Waals surface area contributed by atoms with E-state index in [1.807, 2.05) is 24.5 Å². The van der Waals surface area contributed by atoms with Crippen molar-refractivity contribution in [1.29, 1.82) is 5.26 Å². The molecule has 0 spiro atoms. The number of rotatable bonds is 4. The lowest BCUT2D eigenvalue weighted by Crippen LogP contribution is -2.07. The molecule has 2 rings (SSSR count). The van der Waals surface area contributed by atoms with Crippen molar-refractivity contribution in [3.05, 3.63) is 58.4 Å². The second kappa shape index (κ2) is 5.92. The Hall–Kier alpha value is -1.76. The van der Waals surface area contributed by atoms with Crippen LogP contribution in [-0.4, -0.2) is 4.57 Å². The van der Waals surface area contributed by atoms with Crippen LogP contribution in [-0.2, 0) is 6.54 Å². The van der Waals surface area contributed by atoms with Gasteiger partial charge in [-0.2, -0.15) is 5.26 Å². The van der Waals surface area contributed by atoms with Gasteiger partial charge in [0.15, 0.2) is 0 Å². The summed E-state index contributed by atoms with van der Waals surface area (Å²) in [5.74, 6) is 0. The van der Waals surface area contributed by atoms with Crippen molar-refractivity contribution in [1.82, 2.24) is 4.57 Å². The number of aromatic nitrogens is 1. The summed E-state index contributed by atoms with van der Waals surface area (Å²) in [6.07, 6.45) is 4.96. The zero-order valence-corrected chi connectivity index (χ0v) is 11.6. The molecular weight excluding hydrogens is 258 g/mol. The molecule has 4 heteroatoms. The topological polar surface area (TPSA) is 54.7 Å². The van der Waals surface area contributed by atoms with E-state index in [1.54, 1.807) is 12.1 Å². The van der Waals surface area contributed by atoms with Gasteiger partial charge < -0.3 is 10.3 Å². The molecule has 0 fully saturated rings. The summed E-state index contributed by atoms with van der Waals surface area (Å²) in [5.41, 5.74) is 8.70. The lowest BCUT2D eigenvalue weighted by Gasteiger charge is -2.07. The van der Waals surface area contributed by atoms with Gasteiger partial charge in [0.05, 0.1) is 11.6 Å². The Balaban J connectivity index is 2.17. The smallest absolute Gasteiger partial charge is 0.0992 e. The molecule has 1 heterocycles. The maximum Gasteiger partial charge on any atom is 0.0992 e. The molecule has 0 aliphatic carbocycles. The quantitative estimate of drug-likeness (QED) is 0.927. The first-order valence-corrected chi connectivity index (χ1v) is 6.61. The van der Waals surface area contributed by atoms with Gasteiger partial charge in [-0.25, -0.2) is 0 Å². The average Bonchev–Trinajstić information content (AvgIpc) is 2.88. The van der Waals surface area contributed by atoms with E-state index >= 15 is 0 Å². The van der Waals surface area contributed by atoms with Crippen LogP contribution < -0.4 is 5.73 Å². The number of nitrogens with zero attached hydrogens (tertiary/aromatic N) is 2. The van der Waals surface area contributed by atoms with Crippen LogP contribution in [0.15, 0.2) is 36.7 Å². The molecule has 19 heavy (non-hydrogen) atoms. The molecule has 1 atom stereocenters. The molecule has 0 radical (unpaired) electrons. The highest BCUT2D eigenvalue weighted by atomic mass is 35.5. The van der Waals surface area contributed by atoms with Crippen LogP contribution in [0, 0.1) is 11.3 Å². The fourth-order valence-electron chi connectivity index (χ4n) is 1.95. The zero-order chi connectivity index (χ0) is 13.8. The molecule has 0 saturated carbocycles. The minimum atomic E-state index is 0.0812. The minimum absolute atomic E-state index is 0.0812. The average molecular weight is 274 g/mol. The summed E-state index contributed by atoms with van der Waals surface area (Å²) in [5, 5.41) is 9.43. The van der Waals surface area contributed by atoms with Crippen LogP contribution >= 0.6 is 11.6 Å². The molecular formula is C15H16ClN3. The first kappa shape index (κ1) is 13.7. The third kappa shape index (κ3) is 3.17. The Morgan fingerprint density at radius 3 is 2.84 bits per heavy atom. The van der Waals surface area contributed by atoms with Gasteiger partial charge in [0.2, 0.25) is 0 Å². The van der Waals surface area contributed by atoms with E-state index in [0.29, 0.717) is 17.1 Å². The van der Waals surface area contributed by atoms with Crippen LogP contribution in [0.3, 0.4) is 0 Å². The lowest BCUT2D eigenvalue weighted by atomic mass is 10.1. The predicted octanol–water partition coefficient (Wildman–Crippen LogP) is 3.47. The highest BCUT2D eigenvalue weighted by Crippen LogP contribution is 2.20. The van der Waals surface area contributed by atoms with Crippen LogP contribution in [0.1, 0.15) is 36.1 Å². The van der Waals surface area contributed by atoms with Crippen molar-refractivity contribution in [2.45, 2.75) is 25.9 Å². The van der Waals surface area contributed by atoms with Gasteiger partial charge in [0, 0.05) is 30.0 Å². The lowest BCUT2D eigenvalue weighted by molar-refractivity contribution is 0.693. The van der Waals surface area contributed by atoms with E-state index in [4.69, 9.17) is 22.6 Å². The van der Waals surface area contributed by atoms with Crippen molar-refractivity contribution >= 4 is 11.6 Å². The van der Waals surface area contributed by atoms with Crippen molar-refractivity contribution in [2.24, 2.45) is 5.73 Å². The number of nitriles is 1. The van der Waals surface area contributed by atoms with E-state index in [2.05, 4.69) is 17.6 Å². The van der Waals surface area contributed by atoms with E-state index < -0.39 is 0 Å². The van der Waals surface area contributed by atoms with Gasteiger partial charge >= 0.3 is 0 Å². The molecule has 2 aromatic rings. The number of hydrogen-bond acceptors (Lipinski definition) is 2. The Bertz CT molecular complexity index is 610. The maximum absolute atomic E-state index is 8.81. The number of hydrogen-bond donors (Lipinski definition) is 1. The third-order valence-corrected chi connectivity index (χ3v) is 3.53. The van der Waals surface area contributed by atoms with Gasteiger partial charge in [0.1, 0.15) is 0 Å². The van der Waals surface area contributed by atoms with Crippen molar-refractivity contribution in [3.8, 4) is 6.07 Å².